The molecule has 0 saturated heterocycles. The first-order chi connectivity index (χ1) is 8.14. The van der Waals surface area contributed by atoms with Crippen LogP contribution >= 0.6 is 11.6 Å². The van der Waals surface area contributed by atoms with Crippen LogP contribution in [0.5, 0.6) is 0 Å². The summed E-state index contributed by atoms with van der Waals surface area (Å²) >= 11 is 5.95. The molecule has 1 amide bonds. The molecule has 1 rings (SSSR count). The van der Waals surface area contributed by atoms with Crippen molar-refractivity contribution >= 4 is 33.2 Å². The molecular formula is C11H15ClN2O3S. The van der Waals surface area contributed by atoms with Gasteiger partial charge >= 0.3 is 0 Å². The number of carbonyl (C=O) groups excluding carboxylic acids is 1. The number of primary amides is 1. The van der Waals surface area contributed by atoms with Crippen molar-refractivity contribution in [3.8, 4) is 0 Å². The summed E-state index contributed by atoms with van der Waals surface area (Å²) in [5, 5.41) is 0.429. The second kappa shape index (κ2) is 5.16. The van der Waals surface area contributed by atoms with E-state index >= 15 is 0 Å². The number of anilines is 1. The molecule has 18 heavy (non-hydrogen) atoms. The van der Waals surface area contributed by atoms with Crippen molar-refractivity contribution in [3.05, 3.63) is 28.8 Å². The molecule has 0 unspecified atom stereocenters. The van der Waals surface area contributed by atoms with Gasteiger partial charge in [0.05, 0.1) is 11.9 Å². The van der Waals surface area contributed by atoms with Crippen LogP contribution in [0.15, 0.2) is 18.2 Å². The Labute approximate surface area is 112 Å². The summed E-state index contributed by atoms with van der Waals surface area (Å²) in [6.45, 7) is 3.23. The second-order valence-corrected chi connectivity index (χ2v) is 6.34. The molecule has 0 fully saturated rings. The highest BCUT2D eigenvalue weighted by Crippen LogP contribution is 2.26. The Hall–Kier alpha value is -1.27. The molecule has 0 aliphatic rings. The zero-order valence-corrected chi connectivity index (χ0v) is 11.9. The largest absolute Gasteiger partial charge is 0.368 e. The lowest BCUT2D eigenvalue weighted by Gasteiger charge is -2.27. The van der Waals surface area contributed by atoms with Gasteiger partial charge in [-0.1, -0.05) is 17.7 Å². The molecule has 100 valence electrons. The highest BCUT2D eigenvalue weighted by molar-refractivity contribution is 7.92. The second-order valence-electron chi connectivity index (χ2n) is 4.07. The van der Waals surface area contributed by atoms with E-state index in [4.69, 9.17) is 17.3 Å². The molecule has 0 aliphatic carbocycles. The summed E-state index contributed by atoms with van der Waals surface area (Å²) in [6, 6.07) is 3.79. The maximum Gasteiger partial charge on any atom is 0.241 e. The van der Waals surface area contributed by atoms with E-state index in [1.807, 2.05) is 0 Å². The monoisotopic (exact) mass is 290 g/mol. The number of sulfonamides is 1. The van der Waals surface area contributed by atoms with Crippen LogP contribution in [0.4, 0.5) is 5.69 Å². The minimum Gasteiger partial charge on any atom is -0.368 e. The average molecular weight is 291 g/mol. The van der Waals surface area contributed by atoms with Gasteiger partial charge in [-0.2, -0.15) is 0 Å². The normalized spacial score (nSPS) is 13.1. The summed E-state index contributed by atoms with van der Waals surface area (Å²) in [5.74, 6) is -0.725. The molecule has 0 radical (unpaired) electrons. The first kappa shape index (κ1) is 14.8. The Balaban J connectivity index is 3.36. The summed E-state index contributed by atoms with van der Waals surface area (Å²) in [5.41, 5.74) is 6.30. The molecule has 2 N–H and O–H groups in total. The van der Waals surface area contributed by atoms with Crippen LogP contribution in [0.3, 0.4) is 0 Å². The fraction of sp³-hybridized carbons (Fsp3) is 0.364. The van der Waals surface area contributed by atoms with Gasteiger partial charge < -0.3 is 5.73 Å². The predicted octanol–water partition coefficient (Wildman–Crippen LogP) is 1.29. The molecule has 1 aromatic rings. The third-order valence-electron chi connectivity index (χ3n) is 2.53. The lowest BCUT2D eigenvalue weighted by molar-refractivity contribution is -0.118. The number of carbonyl (C=O) groups is 1. The Kier molecular flexibility index (Phi) is 4.24. The van der Waals surface area contributed by atoms with Gasteiger partial charge in [0.25, 0.3) is 0 Å². The number of hydrogen-bond donors (Lipinski definition) is 1. The van der Waals surface area contributed by atoms with E-state index in [9.17, 15) is 13.2 Å². The van der Waals surface area contributed by atoms with Gasteiger partial charge in [-0.3, -0.25) is 9.10 Å². The van der Waals surface area contributed by atoms with Gasteiger partial charge in [0.2, 0.25) is 15.9 Å². The molecule has 0 heterocycles. The number of nitrogens with two attached hydrogens (primary N) is 1. The van der Waals surface area contributed by atoms with Gasteiger partial charge in [0.15, 0.2) is 0 Å². The number of amides is 1. The van der Waals surface area contributed by atoms with E-state index in [2.05, 4.69) is 0 Å². The van der Waals surface area contributed by atoms with Crippen LogP contribution in [0.1, 0.15) is 12.5 Å². The summed E-state index contributed by atoms with van der Waals surface area (Å²) in [6.07, 6.45) is 1.01. The fourth-order valence-electron chi connectivity index (χ4n) is 1.54. The standard InChI is InChI=1S/C11H15ClN2O3S/c1-7-4-5-9(6-10(7)12)14(18(3,16)17)8(2)11(13)15/h4-6,8H,1-3H3,(H2,13,15)/t8-/m1/s1. The highest BCUT2D eigenvalue weighted by Gasteiger charge is 2.27. The fourth-order valence-corrected chi connectivity index (χ4v) is 2.89. The zero-order valence-electron chi connectivity index (χ0n) is 10.3. The average Bonchev–Trinajstić information content (AvgIpc) is 2.21. The van der Waals surface area contributed by atoms with Crippen LogP contribution < -0.4 is 10.0 Å². The number of halogens is 1. The Morgan fingerprint density at radius 1 is 1.44 bits per heavy atom. The van der Waals surface area contributed by atoms with E-state index in [1.165, 1.54) is 13.0 Å². The topological polar surface area (TPSA) is 80.5 Å². The lowest BCUT2D eigenvalue weighted by atomic mass is 10.2. The van der Waals surface area contributed by atoms with Crippen LogP contribution in [0, 0.1) is 6.92 Å². The van der Waals surface area contributed by atoms with E-state index in [1.54, 1.807) is 19.1 Å². The predicted molar refractivity (Wildman–Crippen MR) is 72.2 cm³/mol. The van der Waals surface area contributed by atoms with Crippen molar-refractivity contribution < 1.29 is 13.2 Å². The van der Waals surface area contributed by atoms with Gasteiger partial charge in [0.1, 0.15) is 6.04 Å². The minimum absolute atomic E-state index is 0.319. The summed E-state index contributed by atoms with van der Waals surface area (Å²) < 4.78 is 24.5. The van der Waals surface area contributed by atoms with E-state index < -0.39 is 22.0 Å². The van der Waals surface area contributed by atoms with Crippen LogP contribution in [-0.4, -0.2) is 26.6 Å². The number of nitrogens with zero attached hydrogens (tertiary/aromatic N) is 1. The third kappa shape index (κ3) is 3.14. The summed E-state index contributed by atoms with van der Waals surface area (Å²) in [4.78, 5) is 11.2. The minimum atomic E-state index is -3.62. The quantitative estimate of drug-likeness (QED) is 0.907. The maximum absolute atomic E-state index is 11.7. The van der Waals surface area contributed by atoms with Gasteiger partial charge in [-0.25, -0.2) is 8.42 Å². The maximum atomic E-state index is 11.7. The van der Waals surface area contributed by atoms with Crippen molar-refractivity contribution in [3.63, 3.8) is 0 Å². The number of aryl methyl sites for hydroxylation is 1. The molecule has 7 heteroatoms. The van der Waals surface area contributed by atoms with Gasteiger partial charge in [-0.05, 0) is 31.5 Å². The van der Waals surface area contributed by atoms with Crippen molar-refractivity contribution in [1.82, 2.24) is 0 Å². The number of rotatable bonds is 4. The number of benzene rings is 1. The van der Waals surface area contributed by atoms with Crippen LogP contribution in [0.25, 0.3) is 0 Å². The number of hydrogen-bond acceptors (Lipinski definition) is 3. The molecule has 0 aromatic heterocycles. The first-order valence-corrected chi connectivity index (χ1v) is 7.42. The molecule has 0 spiro atoms. The van der Waals surface area contributed by atoms with Crippen LogP contribution in [0.2, 0.25) is 5.02 Å². The Morgan fingerprint density at radius 3 is 2.39 bits per heavy atom. The first-order valence-electron chi connectivity index (χ1n) is 5.19. The van der Waals surface area contributed by atoms with E-state index in [0.717, 1.165) is 16.1 Å². The SMILES string of the molecule is Cc1ccc(N([C@H](C)C(N)=O)S(C)(=O)=O)cc1Cl. The molecule has 1 atom stereocenters. The molecule has 0 saturated carbocycles. The Bertz CT molecular complexity index is 572. The molecule has 0 aliphatic heterocycles. The molecule has 5 nitrogen and oxygen atoms in total. The summed E-state index contributed by atoms with van der Waals surface area (Å²) in [7, 11) is -3.62. The van der Waals surface area contributed by atoms with Gasteiger partial charge in [-0.15, -0.1) is 0 Å². The lowest BCUT2D eigenvalue weighted by Crippen LogP contribution is -2.45. The van der Waals surface area contributed by atoms with Crippen molar-refractivity contribution in [1.29, 1.82) is 0 Å². The van der Waals surface area contributed by atoms with E-state index in [-0.39, 0.29) is 0 Å². The zero-order chi connectivity index (χ0) is 14.1. The van der Waals surface area contributed by atoms with Crippen molar-refractivity contribution in [2.45, 2.75) is 19.9 Å². The van der Waals surface area contributed by atoms with Crippen LogP contribution in [-0.2, 0) is 14.8 Å². The highest BCUT2D eigenvalue weighted by atomic mass is 35.5. The molecule has 1 aromatic carbocycles. The van der Waals surface area contributed by atoms with Gasteiger partial charge in [0, 0.05) is 5.02 Å². The smallest absolute Gasteiger partial charge is 0.241 e. The van der Waals surface area contributed by atoms with Crippen molar-refractivity contribution in [2.24, 2.45) is 5.73 Å². The third-order valence-corrected chi connectivity index (χ3v) is 4.18. The molecular weight excluding hydrogens is 276 g/mol. The van der Waals surface area contributed by atoms with E-state index in [0.29, 0.717) is 10.7 Å². The molecule has 0 bridgehead atoms. The van der Waals surface area contributed by atoms with Crippen molar-refractivity contribution in [2.75, 3.05) is 10.6 Å². The Morgan fingerprint density at radius 2 is 2.00 bits per heavy atom.